The van der Waals surface area contributed by atoms with Crippen LogP contribution in [0.25, 0.3) is 0 Å². The Morgan fingerprint density at radius 3 is 2.73 bits per heavy atom. The molecule has 0 radical (unpaired) electrons. The summed E-state index contributed by atoms with van der Waals surface area (Å²) in [5, 5.41) is 2.54. The molecule has 26 heavy (non-hydrogen) atoms. The zero-order chi connectivity index (χ0) is 19.1. The number of amides is 3. The first-order valence-electron chi connectivity index (χ1n) is 7.91. The van der Waals surface area contributed by atoms with Crippen LogP contribution in [0.4, 0.5) is 13.6 Å². The van der Waals surface area contributed by atoms with Gasteiger partial charge in [-0.05, 0) is 31.5 Å². The van der Waals surface area contributed by atoms with Crippen LogP contribution in [0.2, 0.25) is 0 Å². The van der Waals surface area contributed by atoms with Gasteiger partial charge in [0, 0.05) is 0 Å². The van der Waals surface area contributed by atoms with E-state index in [0.29, 0.717) is 5.56 Å². The molecule has 1 aromatic carbocycles. The second-order valence-corrected chi connectivity index (χ2v) is 5.78. The van der Waals surface area contributed by atoms with Crippen molar-refractivity contribution in [3.63, 3.8) is 0 Å². The second-order valence-electron chi connectivity index (χ2n) is 5.78. The van der Waals surface area contributed by atoms with Crippen LogP contribution < -0.4 is 14.8 Å². The maximum absolute atomic E-state index is 13.1. The molecule has 0 saturated carbocycles. The van der Waals surface area contributed by atoms with Gasteiger partial charge in [-0.3, -0.25) is 4.79 Å². The molecular formula is C16H16F2N2O6. The number of benzene rings is 1. The molecule has 140 valence electrons. The number of carbonyl (C=O) groups excluding carboxylic acids is 3. The molecule has 1 unspecified atom stereocenters. The van der Waals surface area contributed by atoms with Crippen molar-refractivity contribution in [1.82, 2.24) is 10.2 Å². The normalized spacial score (nSPS) is 21.0. The molecule has 3 rings (SSSR count). The summed E-state index contributed by atoms with van der Waals surface area (Å²) in [6.45, 7) is 3.35. The first-order valence-corrected chi connectivity index (χ1v) is 7.91. The number of hydrogen-bond donors (Lipinski definition) is 1. The first-order chi connectivity index (χ1) is 12.2. The lowest BCUT2D eigenvalue weighted by Crippen LogP contribution is -2.62. The largest absolute Gasteiger partial charge is 0.586 e. The van der Waals surface area contributed by atoms with Gasteiger partial charge < -0.3 is 19.5 Å². The number of imide groups is 1. The van der Waals surface area contributed by atoms with Crippen molar-refractivity contribution >= 4 is 17.9 Å². The summed E-state index contributed by atoms with van der Waals surface area (Å²) in [7, 11) is 0. The number of ether oxygens (including phenoxy) is 3. The van der Waals surface area contributed by atoms with Crippen molar-refractivity contribution in [2.24, 2.45) is 0 Å². The van der Waals surface area contributed by atoms with Gasteiger partial charge in [0.1, 0.15) is 6.04 Å². The molecule has 2 aliphatic rings. The highest BCUT2D eigenvalue weighted by molar-refractivity contribution is 6.06. The maximum Gasteiger partial charge on any atom is 0.586 e. The third-order valence-corrected chi connectivity index (χ3v) is 3.99. The van der Waals surface area contributed by atoms with E-state index in [1.807, 2.05) is 0 Å². The predicted molar refractivity (Wildman–Crippen MR) is 81.5 cm³/mol. The Balaban J connectivity index is 1.67. The van der Waals surface area contributed by atoms with E-state index in [0.717, 1.165) is 4.90 Å². The van der Waals surface area contributed by atoms with E-state index >= 15 is 0 Å². The van der Waals surface area contributed by atoms with Crippen LogP contribution in [0.3, 0.4) is 0 Å². The quantitative estimate of drug-likeness (QED) is 0.643. The Bertz CT molecular complexity index is 769. The van der Waals surface area contributed by atoms with Crippen molar-refractivity contribution in [2.75, 3.05) is 6.61 Å². The number of urea groups is 1. The minimum atomic E-state index is -3.73. The van der Waals surface area contributed by atoms with Crippen LogP contribution >= 0.6 is 0 Å². The molecule has 1 N–H and O–H groups in total. The molecule has 0 aliphatic carbocycles. The van der Waals surface area contributed by atoms with E-state index in [-0.39, 0.29) is 24.5 Å². The average molecular weight is 370 g/mol. The molecule has 2 aliphatic heterocycles. The minimum Gasteiger partial charge on any atom is -0.464 e. The topological polar surface area (TPSA) is 94.2 Å². The summed E-state index contributed by atoms with van der Waals surface area (Å²) in [6.07, 6.45) is -3.83. The number of rotatable bonds is 4. The summed E-state index contributed by atoms with van der Waals surface area (Å²) < 4.78 is 39.6. The number of esters is 1. The van der Waals surface area contributed by atoms with Gasteiger partial charge in [-0.15, -0.1) is 8.78 Å². The van der Waals surface area contributed by atoms with Gasteiger partial charge in [-0.2, -0.15) is 0 Å². The molecule has 0 bridgehead atoms. The van der Waals surface area contributed by atoms with Gasteiger partial charge >= 0.3 is 18.3 Å². The fourth-order valence-electron chi connectivity index (χ4n) is 2.67. The van der Waals surface area contributed by atoms with E-state index in [1.165, 1.54) is 18.2 Å². The fraction of sp³-hybridized carbons (Fsp3) is 0.438. The third kappa shape index (κ3) is 3.26. The minimum absolute atomic E-state index is 0.0975. The van der Waals surface area contributed by atoms with E-state index in [1.54, 1.807) is 13.8 Å². The van der Waals surface area contributed by atoms with Gasteiger partial charge in [-0.25, -0.2) is 14.5 Å². The lowest BCUT2D eigenvalue weighted by Gasteiger charge is -2.37. The highest BCUT2D eigenvalue weighted by atomic mass is 19.3. The molecular weight excluding hydrogens is 354 g/mol. The van der Waals surface area contributed by atoms with Crippen molar-refractivity contribution < 1.29 is 37.4 Å². The number of nitrogens with zero attached hydrogens (tertiary/aromatic N) is 1. The van der Waals surface area contributed by atoms with Gasteiger partial charge in [-0.1, -0.05) is 6.07 Å². The molecule has 3 amide bonds. The molecule has 0 aromatic heterocycles. The van der Waals surface area contributed by atoms with Crippen molar-refractivity contribution in [3.05, 3.63) is 23.8 Å². The molecule has 10 heteroatoms. The van der Waals surface area contributed by atoms with Gasteiger partial charge in [0.25, 0.3) is 0 Å². The van der Waals surface area contributed by atoms with Crippen molar-refractivity contribution in [1.29, 1.82) is 0 Å². The molecule has 2 heterocycles. The summed E-state index contributed by atoms with van der Waals surface area (Å²) in [4.78, 5) is 36.5. The van der Waals surface area contributed by atoms with Crippen molar-refractivity contribution in [3.8, 4) is 11.5 Å². The average Bonchev–Trinajstić information content (AvgIpc) is 2.84. The van der Waals surface area contributed by atoms with Crippen LogP contribution in [0.1, 0.15) is 31.9 Å². The Labute approximate surface area is 147 Å². The zero-order valence-electron chi connectivity index (χ0n) is 14.0. The van der Waals surface area contributed by atoms with Crippen LogP contribution in [-0.2, 0) is 14.3 Å². The predicted octanol–water partition coefficient (Wildman–Crippen LogP) is 1.94. The Morgan fingerprint density at radius 2 is 2.08 bits per heavy atom. The molecule has 1 aromatic rings. The smallest absolute Gasteiger partial charge is 0.464 e. The lowest BCUT2D eigenvalue weighted by molar-refractivity contribution is -0.286. The Morgan fingerprint density at radius 1 is 1.38 bits per heavy atom. The monoisotopic (exact) mass is 370 g/mol. The second kappa shape index (κ2) is 6.43. The number of likely N-dealkylation sites (tertiary alicyclic amines) is 1. The van der Waals surface area contributed by atoms with Gasteiger partial charge in [0.15, 0.2) is 11.5 Å². The van der Waals surface area contributed by atoms with Gasteiger partial charge in [0.2, 0.25) is 5.91 Å². The molecule has 8 nitrogen and oxygen atoms in total. The number of carbonyl (C=O) groups is 3. The van der Waals surface area contributed by atoms with Crippen molar-refractivity contribution in [2.45, 2.75) is 38.6 Å². The zero-order valence-corrected chi connectivity index (χ0v) is 14.0. The number of β-lactam (4-membered cyclic amide) rings is 1. The highest BCUT2D eigenvalue weighted by Gasteiger charge is 2.47. The number of hydrogen-bond acceptors (Lipinski definition) is 6. The number of halogens is 2. The van der Waals surface area contributed by atoms with E-state index < -0.39 is 36.3 Å². The summed E-state index contributed by atoms with van der Waals surface area (Å²) in [5.41, 5.74) is 0.457. The van der Waals surface area contributed by atoms with Crippen LogP contribution in [0.5, 0.6) is 11.5 Å². The fourth-order valence-corrected chi connectivity index (χ4v) is 2.67. The first kappa shape index (κ1) is 17.9. The Kier molecular flexibility index (Phi) is 4.43. The Hall–Kier alpha value is -2.91. The lowest BCUT2D eigenvalue weighted by atomic mass is 10.0. The van der Waals surface area contributed by atoms with E-state index in [9.17, 15) is 23.2 Å². The standard InChI is InChI=1S/C16H16F2N2O6/c1-3-24-14(22)10-7-13(21)20(10)15(23)19-8(2)9-4-5-11-12(6-9)26-16(17,18)25-11/h4-6,8,10H,3,7H2,1-2H3,(H,19,23)/t8?,10-/m0/s1. The van der Waals surface area contributed by atoms with Crippen LogP contribution in [0.15, 0.2) is 18.2 Å². The summed E-state index contributed by atoms with van der Waals surface area (Å²) >= 11 is 0. The van der Waals surface area contributed by atoms with Crippen LogP contribution in [-0.4, -0.2) is 41.8 Å². The number of alkyl halides is 2. The number of nitrogens with one attached hydrogen (secondary N) is 1. The molecule has 0 spiro atoms. The van der Waals surface area contributed by atoms with Gasteiger partial charge in [0.05, 0.1) is 19.1 Å². The molecule has 2 atom stereocenters. The summed E-state index contributed by atoms with van der Waals surface area (Å²) in [6, 6.07) is 1.73. The van der Waals surface area contributed by atoms with Crippen LogP contribution in [0, 0.1) is 0 Å². The van der Waals surface area contributed by atoms with E-state index in [4.69, 9.17) is 4.74 Å². The maximum atomic E-state index is 13.1. The summed E-state index contributed by atoms with van der Waals surface area (Å²) in [5.74, 6) is -1.42. The highest BCUT2D eigenvalue weighted by Crippen LogP contribution is 2.42. The molecule has 1 saturated heterocycles. The third-order valence-electron chi connectivity index (χ3n) is 3.99. The number of fused-ring (bicyclic) bond motifs is 1. The SMILES string of the molecule is CCOC(=O)[C@@H]1CC(=O)N1C(=O)NC(C)c1ccc2c(c1)OC(F)(F)O2. The van der Waals surface area contributed by atoms with E-state index in [2.05, 4.69) is 14.8 Å². The molecule has 1 fully saturated rings.